The van der Waals surface area contributed by atoms with Gasteiger partial charge in [-0.25, -0.2) is 0 Å². The molecule has 0 radical (unpaired) electrons. The number of carbonyl (C=O) groups excluding carboxylic acids is 2. The Morgan fingerprint density at radius 1 is 1.29 bits per heavy atom. The van der Waals surface area contributed by atoms with Gasteiger partial charge in [0.2, 0.25) is 0 Å². The normalized spacial score (nSPS) is 27.2. The molecule has 1 rings (SSSR count). The monoisotopic (exact) mass is 198 g/mol. The number of hydrogen-bond acceptors (Lipinski definition) is 2. The average molecular weight is 198 g/mol. The maximum atomic E-state index is 11.6. The van der Waals surface area contributed by atoms with Gasteiger partial charge in [-0.2, -0.15) is 0 Å². The van der Waals surface area contributed by atoms with E-state index in [1.54, 1.807) is 4.90 Å². The zero-order valence-corrected chi connectivity index (χ0v) is 9.04. The Balaban J connectivity index is 2.65. The standard InChI is InChI=1S/C10H18N2O2/c1-7-4-5-8(2)12(6-7)10(14)9(13)11-3/h7-8H,4-6H2,1-3H3,(H,11,13)/t7-,8+/m0/s1. The van der Waals surface area contributed by atoms with E-state index in [-0.39, 0.29) is 6.04 Å². The largest absolute Gasteiger partial charge is 0.351 e. The summed E-state index contributed by atoms with van der Waals surface area (Å²) in [7, 11) is 1.48. The van der Waals surface area contributed by atoms with Gasteiger partial charge in [0, 0.05) is 19.6 Å². The van der Waals surface area contributed by atoms with Gasteiger partial charge in [-0.1, -0.05) is 6.92 Å². The van der Waals surface area contributed by atoms with Crippen LogP contribution in [-0.4, -0.2) is 36.3 Å². The summed E-state index contributed by atoms with van der Waals surface area (Å²) in [6.07, 6.45) is 2.13. The van der Waals surface area contributed by atoms with Crippen molar-refractivity contribution in [3.63, 3.8) is 0 Å². The van der Waals surface area contributed by atoms with Gasteiger partial charge in [0.05, 0.1) is 0 Å². The minimum absolute atomic E-state index is 0.191. The number of carbonyl (C=O) groups is 2. The molecule has 0 bridgehead atoms. The van der Waals surface area contributed by atoms with Gasteiger partial charge in [0.25, 0.3) is 0 Å². The lowest BCUT2D eigenvalue weighted by molar-refractivity contribution is -0.148. The Hall–Kier alpha value is -1.06. The Bertz CT molecular complexity index is 240. The smallest absolute Gasteiger partial charge is 0.312 e. The molecule has 0 spiro atoms. The Morgan fingerprint density at radius 3 is 2.50 bits per heavy atom. The highest BCUT2D eigenvalue weighted by molar-refractivity contribution is 6.35. The van der Waals surface area contributed by atoms with Crippen molar-refractivity contribution in [2.45, 2.75) is 32.7 Å². The lowest BCUT2D eigenvalue weighted by Crippen LogP contribution is -2.50. The first-order valence-electron chi connectivity index (χ1n) is 5.09. The molecule has 80 valence electrons. The lowest BCUT2D eigenvalue weighted by atomic mass is 9.95. The molecule has 1 aliphatic heterocycles. The van der Waals surface area contributed by atoms with Crippen LogP contribution in [0, 0.1) is 5.92 Å². The summed E-state index contributed by atoms with van der Waals surface area (Å²) in [5.74, 6) is -0.405. The molecule has 1 aliphatic rings. The van der Waals surface area contributed by atoms with Crippen LogP contribution < -0.4 is 5.32 Å². The van der Waals surface area contributed by atoms with Crippen molar-refractivity contribution in [1.82, 2.24) is 10.2 Å². The van der Waals surface area contributed by atoms with Gasteiger partial charge in [0.1, 0.15) is 0 Å². The number of hydrogen-bond donors (Lipinski definition) is 1. The average Bonchev–Trinajstić information content (AvgIpc) is 2.19. The molecule has 0 unspecified atom stereocenters. The first kappa shape index (κ1) is 11.0. The van der Waals surface area contributed by atoms with Gasteiger partial charge in [-0.3, -0.25) is 9.59 Å². The number of piperidine rings is 1. The molecule has 0 saturated carbocycles. The summed E-state index contributed by atoms with van der Waals surface area (Å²) in [6.45, 7) is 4.80. The number of rotatable bonds is 0. The Morgan fingerprint density at radius 2 is 1.93 bits per heavy atom. The van der Waals surface area contributed by atoms with Crippen LogP contribution in [0.3, 0.4) is 0 Å². The van der Waals surface area contributed by atoms with E-state index in [2.05, 4.69) is 12.2 Å². The molecule has 2 atom stereocenters. The van der Waals surface area contributed by atoms with E-state index >= 15 is 0 Å². The Labute approximate surface area is 84.7 Å². The van der Waals surface area contributed by atoms with Crippen molar-refractivity contribution < 1.29 is 9.59 Å². The quantitative estimate of drug-likeness (QED) is 0.572. The summed E-state index contributed by atoms with van der Waals surface area (Å²) in [4.78, 5) is 24.4. The number of likely N-dealkylation sites (tertiary alicyclic amines) is 1. The Kier molecular flexibility index (Phi) is 3.49. The fourth-order valence-corrected chi connectivity index (χ4v) is 1.81. The summed E-state index contributed by atoms with van der Waals surface area (Å²) >= 11 is 0. The van der Waals surface area contributed by atoms with Crippen LogP contribution >= 0.6 is 0 Å². The van der Waals surface area contributed by atoms with Crippen molar-refractivity contribution in [1.29, 1.82) is 0 Å². The maximum absolute atomic E-state index is 11.6. The second kappa shape index (κ2) is 4.44. The molecule has 0 aliphatic carbocycles. The summed E-state index contributed by atoms with van der Waals surface area (Å²) in [6, 6.07) is 0.191. The van der Waals surface area contributed by atoms with Gasteiger partial charge in [-0.05, 0) is 25.7 Å². The van der Waals surface area contributed by atoms with Crippen LogP contribution in [0.4, 0.5) is 0 Å². The minimum atomic E-state index is -0.508. The van der Waals surface area contributed by atoms with Crippen LogP contribution in [0.2, 0.25) is 0 Å². The molecular formula is C10H18N2O2. The van der Waals surface area contributed by atoms with E-state index in [1.165, 1.54) is 7.05 Å². The lowest BCUT2D eigenvalue weighted by Gasteiger charge is -2.36. The summed E-state index contributed by atoms with van der Waals surface area (Å²) in [5.41, 5.74) is 0. The zero-order chi connectivity index (χ0) is 10.7. The van der Waals surface area contributed by atoms with Crippen LogP contribution in [-0.2, 0) is 9.59 Å². The van der Waals surface area contributed by atoms with Crippen molar-refractivity contribution >= 4 is 11.8 Å². The van der Waals surface area contributed by atoms with E-state index in [9.17, 15) is 9.59 Å². The third-order valence-electron chi connectivity index (χ3n) is 2.80. The molecule has 1 N–H and O–H groups in total. The molecule has 14 heavy (non-hydrogen) atoms. The number of nitrogens with zero attached hydrogens (tertiary/aromatic N) is 1. The fraction of sp³-hybridized carbons (Fsp3) is 0.800. The predicted molar refractivity (Wildman–Crippen MR) is 53.6 cm³/mol. The number of likely N-dealkylation sites (N-methyl/N-ethyl adjacent to an activating group) is 1. The van der Waals surface area contributed by atoms with E-state index in [0.717, 1.165) is 12.8 Å². The molecule has 0 aromatic carbocycles. The molecular weight excluding hydrogens is 180 g/mol. The highest BCUT2D eigenvalue weighted by Crippen LogP contribution is 2.21. The molecule has 0 aromatic rings. The van der Waals surface area contributed by atoms with Crippen LogP contribution in [0.25, 0.3) is 0 Å². The molecule has 2 amide bonds. The fourth-order valence-electron chi connectivity index (χ4n) is 1.81. The minimum Gasteiger partial charge on any atom is -0.351 e. The van der Waals surface area contributed by atoms with Gasteiger partial charge in [-0.15, -0.1) is 0 Å². The predicted octanol–water partition coefficient (Wildman–Crippen LogP) is 0.379. The summed E-state index contributed by atoms with van der Waals surface area (Å²) in [5, 5.41) is 2.37. The first-order chi connectivity index (χ1) is 6.56. The number of nitrogens with one attached hydrogen (secondary N) is 1. The molecule has 1 saturated heterocycles. The third kappa shape index (κ3) is 2.25. The van der Waals surface area contributed by atoms with Crippen LogP contribution in [0.1, 0.15) is 26.7 Å². The van der Waals surface area contributed by atoms with E-state index < -0.39 is 11.8 Å². The van der Waals surface area contributed by atoms with E-state index in [0.29, 0.717) is 12.5 Å². The topological polar surface area (TPSA) is 49.4 Å². The third-order valence-corrected chi connectivity index (χ3v) is 2.80. The molecule has 4 heteroatoms. The van der Waals surface area contributed by atoms with Crippen LogP contribution in [0.15, 0.2) is 0 Å². The van der Waals surface area contributed by atoms with Crippen molar-refractivity contribution in [2.75, 3.05) is 13.6 Å². The maximum Gasteiger partial charge on any atom is 0.312 e. The second-order valence-electron chi connectivity index (χ2n) is 4.07. The van der Waals surface area contributed by atoms with Crippen molar-refractivity contribution in [3.05, 3.63) is 0 Å². The molecule has 1 fully saturated rings. The van der Waals surface area contributed by atoms with Gasteiger partial charge >= 0.3 is 11.8 Å². The SMILES string of the molecule is CNC(=O)C(=O)N1C[C@@H](C)CC[C@H]1C. The highest BCUT2D eigenvalue weighted by Gasteiger charge is 2.29. The first-order valence-corrected chi connectivity index (χ1v) is 5.09. The van der Waals surface area contributed by atoms with Gasteiger partial charge < -0.3 is 10.2 Å². The van der Waals surface area contributed by atoms with Crippen molar-refractivity contribution in [3.8, 4) is 0 Å². The highest BCUT2D eigenvalue weighted by atomic mass is 16.2. The van der Waals surface area contributed by atoms with Crippen LogP contribution in [0.5, 0.6) is 0 Å². The molecule has 0 aromatic heterocycles. The molecule has 1 heterocycles. The van der Waals surface area contributed by atoms with E-state index in [1.807, 2.05) is 6.92 Å². The van der Waals surface area contributed by atoms with Crippen molar-refractivity contribution in [2.24, 2.45) is 5.92 Å². The van der Waals surface area contributed by atoms with E-state index in [4.69, 9.17) is 0 Å². The summed E-state index contributed by atoms with van der Waals surface area (Å²) < 4.78 is 0. The molecule has 4 nitrogen and oxygen atoms in total. The second-order valence-corrected chi connectivity index (χ2v) is 4.07. The number of amides is 2. The van der Waals surface area contributed by atoms with Gasteiger partial charge in [0.15, 0.2) is 0 Å². The zero-order valence-electron chi connectivity index (χ0n) is 9.04.